The number of hydrogen-bond donors (Lipinski definition) is 2. The highest BCUT2D eigenvalue weighted by Crippen LogP contribution is 2.18. The maximum atomic E-state index is 13.0. The summed E-state index contributed by atoms with van der Waals surface area (Å²) in [6.07, 6.45) is -0.145. The van der Waals surface area contributed by atoms with Crippen LogP contribution in [-0.4, -0.2) is 47.7 Å². The maximum Gasteiger partial charge on any atom is 0.305 e. The van der Waals surface area contributed by atoms with Crippen LogP contribution in [0.1, 0.15) is 22.3 Å². The molecule has 1 atom stereocenters. The van der Waals surface area contributed by atoms with E-state index in [2.05, 4.69) is 5.32 Å². The van der Waals surface area contributed by atoms with E-state index in [0.29, 0.717) is 25.3 Å². The lowest BCUT2D eigenvalue weighted by molar-refractivity contribution is -0.139. The molecule has 0 radical (unpaired) electrons. The van der Waals surface area contributed by atoms with E-state index in [1.54, 1.807) is 35.2 Å². The summed E-state index contributed by atoms with van der Waals surface area (Å²) in [6, 6.07) is 12.8. The van der Waals surface area contributed by atoms with Crippen molar-refractivity contribution >= 4 is 17.6 Å². The molecule has 1 heterocycles. The molecule has 27 heavy (non-hydrogen) atoms. The number of anilines is 1. The third-order valence-corrected chi connectivity index (χ3v) is 4.42. The second kappa shape index (κ2) is 8.64. The van der Waals surface area contributed by atoms with E-state index in [-0.39, 0.29) is 24.8 Å². The normalized spacial score (nSPS) is 16.8. The molecule has 2 N–H and O–H groups in total. The summed E-state index contributed by atoms with van der Waals surface area (Å²) in [4.78, 5) is 25.5. The van der Waals surface area contributed by atoms with Gasteiger partial charge in [0.15, 0.2) is 0 Å². The highest BCUT2D eigenvalue weighted by atomic mass is 19.1. The quantitative estimate of drug-likeness (QED) is 0.815. The van der Waals surface area contributed by atoms with Gasteiger partial charge in [-0.2, -0.15) is 0 Å². The summed E-state index contributed by atoms with van der Waals surface area (Å²) in [6.45, 7) is 1.48. The van der Waals surface area contributed by atoms with Gasteiger partial charge in [-0.05, 0) is 35.9 Å². The smallest absolute Gasteiger partial charge is 0.305 e. The Morgan fingerprint density at radius 2 is 2.00 bits per heavy atom. The van der Waals surface area contributed by atoms with E-state index in [1.165, 1.54) is 12.1 Å². The van der Waals surface area contributed by atoms with Crippen LogP contribution < -0.4 is 5.32 Å². The van der Waals surface area contributed by atoms with Crippen molar-refractivity contribution in [3.8, 4) is 0 Å². The minimum atomic E-state index is -0.960. The van der Waals surface area contributed by atoms with Crippen molar-refractivity contribution in [3.63, 3.8) is 0 Å². The second-order valence-corrected chi connectivity index (χ2v) is 6.39. The maximum absolute atomic E-state index is 13.0. The summed E-state index contributed by atoms with van der Waals surface area (Å²) in [7, 11) is 0. The third kappa shape index (κ3) is 5.04. The Morgan fingerprint density at radius 1 is 1.22 bits per heavy atom. The standard InChI is InChI=1S/C20H21FN2O4/c21-16-6-4-14(5-7-16)12-22-17-3-1-2-15(10-17)20(26)23-8-9-27-13-18(23)11-19(24)25/h1-7,10,18,22H,8-9,11-13H2,(H,24,25)/t18-/m0/s1. The minimum Gasteiger partial charge on any atom is -0.481 e. The average Bonchev–Trinajstić information content (AvgIpc) is 2.67. The molecule has 1 aliphatic rings. The van der Waals surface area contributed by atoms with Crippen molar-refractivity contribution in [1.29, 1.82) is 0 Å². The van der Waals surface area contributed by atoms with Crippen molar-refractivity contribution in [2.24, 2.45) is 0 Å². The summed E-state index contributed by atoms with van der Waals surface area (Å²) in [5.41, 5.74) is 2.16. The van der Waals surface area contributed by atoms with Gasteiger partial charge in [0.1, 0.15) is 5.82 Å². The first-order valence-electron chi connectivity index (χ1n) is 8.72. The van der Waals surface area contributed by atoms with Gasteiger partial charge in [0, 0.05) is 24.3 Å². The van der Waals surface area contributed by atoms with Crippen molar-refractivity contribution in [2.45, 2.75) is 19.0 Å². The zero-order valence-corrected chi connectivity index (χ0v) is 14.7. The number of carboxylic acids is 1. The number of nitrogens with one attached hydrogen (secondary N) is 1. The highest BCUT2D eigenvalue weighted by molar-refractivity contribution is 5.95. The number of morpholine rings is 1. The molecule has 3 rings (SSSR count). The molecule has 7 heteroatoms. The van der Waals surface area contributed by atoms with E-state index in [9.17, 15) is 14.0 Å². The molecule has 1 amide bonds. The summed E-state index contributed by atoms with van der Waals surface area (Å²) < 4.78 is 18.3. The fourth-order valence-electron chi connectivity index (χ4n) is 3.03. The van der Waals surface area contributed by atoms with E-state index >= 15 is 0 Å². The molecule has 0 aliphatic carbocycles. The lowest BCUT2D eigenvalue weighted by Crippen LogP contribution is -2.49. The molecular weight excluding hydrogens is 351 g/mol. The van der Waals surface area contributed by atoms with Crippen molar-refractivity contribution in [1.82, 2.24) is 4.90 Å². The van der Waals surface area contributed by atoms with Crippen LogP contribution in [-0.2, 0) is 16.1 Å². The Morgan fingerprint density at radius 3 is 2.74 bits per heavy atom. The van der Waals surface area contributed by atoms with Crippen LogP contribution in [0.4, 0.5) is 10.1 Å². The van der Waals surface area contributed by atoms with Gasteiger partial charge in [-0.15, -0.1) is 0 Å². The molecular formula is C20H21FN2O4. The SMILES string of the molecule is O=C(O)C[C@H]1COCCN1C(=O)c1cccc(NCc2ccc(F)cc2)c1. The van der Waals surface area contributed by atoms with E-state index in [4.69, 9.17) is 9.84 Å². The Kier molecular flexibility index (Phi) is 6.03. The van der Waals surface area contributed by atoms with Crippen LogP contribution in [0.3, 0.4) is 0 Å². The van der Waals surface area contributed by atoms with Gasteiger partial charge >= 0.3 is 5.97 Å². The molecule has 0 bridgehead atoms. The van der Waals surface area contributed by atoms with Crippen LogP contribution in [0.25, 0.3) is 0 Å². The molecule has 0 saturated carbocycles. The number of benzene rings is 2. The number of ether oxygens (including phenoxy) is 1. The van der Waals surface area contributed by atoms with Crippen LogP contribution in [0.15, 0.2) is 48.5 Å². The van der Waals surface area contributed by atoms with Crippen molar-refractivity contribution in [2.75, 3.05) is 25.1 Å². The van der Waals surface area contributed by atoms with E-state index in [0.717, 1.165) is 11.3 Å². The Hall–Kier alpha value is -2.93. The number of carbonyl (C=O) groups excluding carboxylic acids is 1. The number of aliphatic carboxylic acids is 1. The molecule has 1 aliphatic heterocycles. The molecule has 0 unspecified atom stereocenters. The zero-order valence-electron chi connectivity index (χ0n) is 14.7. The van der Waals surface area contributed by atoms with E-state index in [1.807, 2.05) is 6.07 Å². The van der Waals surface area contributed by atoms with Gasteiger partial charge in [-0.1, -0.05) is 18.2 Å². The molecule has 1 fully saturated rings. The number of amides is 1. The van der Waals surface area contributed by atoms with Gasteiger partial charge in [-0.3, -0.25) is 9.59 Å². The molecule has 1 saturated heterocycles. The number of nitrogens with zero attached hydrogens (tertiary/aromatic N) is 1. The fourth-order valence-corrected chi connectivity index (χ4v) is 3.03. The number of halogens is 1. The predicted molar refractivity (Wildman–Crippen MR) is 98.1 cm³/mol. The lowest BCUT2D eigenvalue weighted by atomic mass is 10.1. The molecule has 2 aromatic carbocycles. The van der Waals surface area contributed by atoms with Gasteiger partial charge < -0.3 is 20.1 Å². The topological polar surface area (TPSA) is 78.9 Å². The summed E-state index contributed by atoms with van der Waals surface area (Å²) >= 11 is 0. The molecule has 2 aromatic rings. The minimum absolute atomic E-state index is 0.145. The monoisotopic (exact) mass is 372 g/mol. The Labute approximate surface area is 156 Å². The van der Waals surface area contributed by atoms with Gasteiger partial charge in [-0.25, -0.2) is 4.39 Å². The lowest BCUT2D eigenvalue weighted by Gasteiger charge is -2.35. The first kappa shape index (κ1) is 18.8. The second-order valence-electron chi connectivity index (χ2n) is 6.39. The number of hydrogen-bond acceptors (Lipinski definition) is 4. The Balaban J connectivity index is 1.68. The zero-order chi connectivity index (χ0) is 19.2. The van der Waals surface area contributed by atoms with Gasteiger partial charge in [0.25, 0.3) is 5.91 Å². The molecule has 0 spiro atoms. The molecule has 0 aromatic heterocycles. The predicted octanol–water partition coefficient (Wildman–Crippen LogP) is 2.75. The molecule has 142 valence electrons. The largest absolute Gasteiger partial charge is 0.481 e. The molecule has 6 nitrogen and oxygen atoms in total. The van der Waals surface area contributed by atoms with Crippen LogP contribution in [0.5, 0.6) is 0 Å². The highest BCUT2D eigenvalue weighted by Gasteiger charge is 2.29. The first-order chi connectivity index (χ1) is 13.0. The fraction of sp³-hybridized carbons (Fsp3) is 0.300. The number of carboxylic acid groups (broad SMARTS) is 1. The Bertz CT molecular complexity index is 810. The van der Waals surface area contributed by atoms with Crippen molar-refractivity contribution < 1.29 is 23.8 Å². The van der Waals surface area contributed by atoms with Crippen LogP contribution in [0, 0.1) is 5.82 Å². The summed E-state index contributed by atoms with van der Waals surface area (Å²) in [5.74, 6) is -1.46. The number of carbonyl (C=O) groups is 2. The van der Waals surface area contributed by atoms with E-state index < -0.39 is 12.0 Å². The van der Waals surface area contributed by atoms with Crippen LogP contribution in [0.2, 0.25) is 0 Å². The van der Waals surface area contributed by atoms with Gasteiger partial charge in [0.2, 0.25) is 0 Å². The summed E-state index contributed by atoms with van der Waals surface area (Å²) in [5, 5.41) is 12.3. The third-order valence-electron chi connectivity index (χ3n) is 4.42. The first-order valence-corrected chi connectivity index (χ1v) is 8.72. The average molecular weight is 372 g/mol. The van der Waals surface area contributed by atoms with Crippen molar-refractivity contribution in [3.05, 3.63) is 65.5 Å². The number of rotatable bonds is 6. The van der Waals surface area contributed by atoms with Gasteiger partial charge in [0.05, 0.1) is 25.7 Å². The van der Waals surface area contributed by atoms with Crippen LogP contribution >= 0.6 is 0 Å².